The molecule has 0 aromatic carbocycles. The fourth-order valence-corrected chi connectivity index (χ4v) is 3.89. The van der Waals surface area contributed by atoms with Crippen molar-refractivity contribution >= 4 is 17.4 Å². The van der Waals surface area contributed by atoms with Gasteiger partial charge >= 0.3 is 6.03 Å². The monoisotopic (exact) mass is 344 g/mol. The van der Waals surface area contributed by atoms with Crippen LogP contribution in [0.2, 0.25) is 0 Å². The number of carbonyl (C=O) groups excluding carboxylic acids is 1. The van der Waals surface area contributed by atoms with E-state index in [1.165, 1.54) is 10.4 Å². The van der Waals surface area contributed by atoms with Crippen LogP contribution < -0.4 is 10.6 Å². The summed E-state index contributed by atoms with van der Waals surface area (Å²) >= 11 is 1.85. The lowest BCUT2D eigenvalue weighted by Crippen LogP contribution is -2.46. The maximum absolute atomic E-state index is 12.1. The quantitative estimate of drug-likeness (QED) is 0.877. The van der Waals surface area contributed by atoms with Gasteiger partial charge in [0.2, 0.25) is 0 Å². The first-order chi connectivity index (χ1) is 11.6. The van der Waals surface area contributed by atoms with E-state index in [9.17, 15) is 4.79 Å². The summed E-state index contributed by atoms with van der Waals surface area (Å²) < 4.78 is 0. The van der Waals surface area contributed by atoms with Gasteiger partial charge in [0.05, 0.1) is 6.04 Å². The largest absolute Gasteiger partial charge is 0.337 e. The van der Waals surface area contributed by atoms with Crippen LogP contribution >= 0.6 is 11.3 Å². The Balaban J connectivity index is 1.44. The number of fused-ring (bicyclic) bond motifs is 1. The average Bonchev–Trinajstić information content (AvgIpc) is 3.08. The first-order valence-corrected chi connectivity index (χ1v) is 9.25. The van der Waals surface area contributed by atoms with Crippen molar-refractivity contribution in [3.63, 3.8) is 0 Å². The molecule has 2 N–H and O–H groups in total. The fourth-order valence-electron chi connectivity index (χ4n) is 3.00. The van der Waals surface area contributed by atoms with Crippen LogP contribution in [0.25, 0.3) is 0 Å². The Hall–Kier alpha value is -1.92. The Labute approximate surface area is 147 Å². The van der Waals surface area contributed by atoms with E-state index in [1.54, 1.807) is 12.4 Å². The predicted octanol–water partition coefficient (Wildman–Crippen LogP) is 2.95. The number of nitrogens with zero attached hydrogens (tertiary/aromatic N) is 2. The summed E-state index contributed by atoms with van der Waals surface area (Å²) in [5.41, 5.74) is 2.49. The zero-order valence-corrected chi connectivity index (χ0v) is 15.0. The van der Waals surface area contributed by atoms with E-state index >= 15 is 0 Å². The Kier molecular flexibility index (Phi) is 5.48. The summed E-state index contributed by atoms with van der Waals surface area (Å²) in [6, 6.07) is 6.21. The molecule has 2 aromatic rings. The number of hydrogen-bond acceptors (Lipinski definition) is 4. The van der Waals surface area contributed by atoms with Crippen molar-refractivity contribution in [2.75, 3.05) is 13.1 Å². The number of hydrogen-bond donors (Lipinski definition) is 2. The molecule has 2 amide bonds. The van der Waals surface area contributed by atoms with Crippen molar-refractivity contribution in [2.45, 2.75) is 38.9 Å². The lowest BCUT2D eigenvalue weighted by molar-refractivity contribution is 0.185. The maximum Gasteiger partial charge on any atom is 0.315 e. The summed E-state index contributed by atoms with van der Waals surface area (Å²) in [5, 5.41) is 8.14. The molecule has 0 saturated heterocycles. The van der Waals surface area contributed by atoms with Crippen LogP contribution in [0.3, 0.4) is 0 Å². The van der Waals surface area contributed by atoms with Crippen molar-refractivity contribution in [3.05, 3.63) is 52.0 Å². The van der Waals surface area contributed by atoms with Crippen molar-refractivity contribution in [1.29, 1.82) is 0 Å². The van der Waals surface area contributed by atoms with Gasteiger partial charge in [-0.1, -0.05) is 0 Å². The van der Waals surface area contributed by atoms with Crippen molar-refractivity contribution in [3.8, 4) is 0 Å². The summed E-state index contributed by atoms with van der Waals surface area (Å²) in [5.74, 6) is 0. The van der Waals surface area contributed by atoms with E-state index in [4.69, 9.17) is 0 Å². The van der Waals surface area contributed by atoms with Gasteiger partial charge in [0.25, 0.3) is 0 Å². The van der Waals surface area contributed by atoms with Crippen molar-refractivity contribution in [2.24, 2.45) is 0 Å². The molecule has 2 unspecified atom stereocenters. The number of rotatable bonds is 5. The van der Waals surface area contributed by atoms with E-state index < -0.39 is 0 Å². The van der Waals surface area contributed by atoms with E-state index in [-0.39, 0.29) is 12.1 Å². The molecule has 0 bridgehead atoms. The number of aromatic nitrogens is 1. The Morgan fingerprint density at radius 1 is 1.33 bits per heavy atom. The van der Waals surface area contributed by atoms with Crippen molar-refractivity contribution < 1.29 is 4.79 Å². The number of carbonyl (C=O) groups is 1. The summed E-state index contributed by atoms with van der Waals surface area (Å²) in [4.78, 5) is 20.1. The standard InChI is InChI=1S/C18H24N4OS/c1-13(22-9-5-17-16(12-22)6-10-24-17)11-20-18(23)21-14(2)15-3-7-19-8-4-15/h3-4,6-8,10,13-14H,5,9,11-12H2,1-2H3,(H2,20,21,23). The molecule has 0 fully saturated rings. The molecule has 2 atom stereocenters. The zero-order valence-electron chi connectivity index (χ0n) is 14.2. The normalized spacial score (nSPS) is 16.9. The second-order valence-corrected chi connectivity index (χ2v) is 7.30. The van der Waals surface area contributed by atoms with E-state index in [1.807, 2.05) is 30.4 Å². The molecule has 0 saturated carbocycles. The third-order valence-corrected chi connectivity index (χ3v) is 5.60. The van der Waals surface area contributed by atoms with Crippen LogP contribution in [0.4, 0.5) is 4.79 Å². The van der Waals surface area contributed by atoms with Crippen LogP contribution in [-0.2, 0) is 13.0 Å². The van der Waals surface area contributed by atoms with Gasteiger partial charge in [0.15, 0.2) is 0 Å². The third kappa shape index (κ3) is 4.13. The van der Waals surface area contributed by atoms with Gasteiger partial charge in [-0.25, -0.2) is 4.79 Å². The highest BCUT2D eigenvalue weighted by atomic mass is 32.1. The lowest BCUT2D eigenvalue weighted by atomic mass is 10.1. The minimum absolute atomic E-state index is 0.0355. The Morgan fingerprint density at radius 2 is 2.12 bits per heavy atom. The molecule has 1 aliphatic rings. The highest BCUT2D eigenvalue weighted by molar-refractivity contribution is 7.10. The summed E-state index contributed by atoms with van der Waals surface area (Å²) in [6.45, 7) is 6.83. The Bertz CT molecular complexity index is 673. The molecule has 5 nitrogen and oxygen atoms in total. The predicted molar refractivity (Wildman–Crippen MR) is 97.1 cm³/mol. The van der Waals surface area contributed by atoms with Gasteiger partial charge in [-0.3, -0.25) is 9.88 Å². The van der Waals surface area contributed by atoms with Gasteiger partial charge in [-0.05, 0) is 55.0 Å². The molecule has 3 rings (SSSR count). The molecule has 0 radical (unpaired) electrons. The minimum atomic E-state index is -0.126. The average molecular weight is 344 g/mol. The summed E-state index contributed by atoms with van der Waals surface area (Å²) in [6.07, 6.45) is 4.59. The first-order valence-electron chi connectivity index (χ1n) is 8.37. The highest BCUT2D eigenvalue weighted by Gasteiger charge is 2.21. The van der Waals surface area contributed by atoms with Gasteiger partial charge in [-0.15, -0.1) is 11.3 Å². The number of amides is 2. The number of urea groups is 1. The maximum atomic E-state index is 12.1. The summed E-state index contributed by atoms with van der Waals surface area (Å²) in [7, 11) is 0. The first kappa shape index (κ1) is 16.9. The second kappa shape index (κ2) is 7.77. The van der Waals surface area contributed by atoms with E-state index in [0.29, 0.717) is 12.6 Å². The van der Waals surface area contributed by atoms with Gasteiger partial charge in [-0.2, -0.15) is 0 Å². The second-order valence-electron chi connectivity index (χ2n) is 6.30. The molecule has 3 heterocycles. The Morgan fingerprint density at radius 3 is 2.92 bits per heavy atom. The molecule has 0 aliphatic carbocycles. The molecule has 1 aliphatic heterocycles. The number of thiophene rings is 1. The van der Waals surface area contributed by atoms with Crippen molar-refractivity contribution in [1.82, 2.24) is 20.5 Å². The van der Waals surface area contributed by atoms with E-state index in [0.717, 1.165) is 25.1 Å². The highest BCUT2D eigenvalue weighted by Crippen LogP contribution is 2.24. The van der Waals surface area contributed by atoms with E-state index in [2.05, 4.69) is 38.9 Å². The lowest BCUT2D eigenvalue weighted by Gasteiger charge is -2.32. The SMILES string of the molecule is CC(NC(=O)NCC(C)N1CCc2sccc2C1)c1ccncc1. The zero-order chi connectivity index (χ0) is 16.9. The van der Waals surface area contributed by atoms with Crippen LogP contribution in [-0.4, -0.2) is 35.0 Å². The topological polar surface area (TPSA) is 57.3 Å². The molecule has 24 heavy (non-hydrogen) atoms. The molecule has 6 heteroatoms. The third-order valence-electron chi connectivity index (χ3n) is 4.57. The minimum Gasteiger partial charge on any atom is -0.337 e. The van der Waals surface area contributed by atoms with Gasteiger partial charge in [0.1, 0.15) is 0 Å². The fraction of sp³-hybridized carbons (Fsp3) is 0.444. The van der Waals surface area contributed by atoms with Crippen LogP contribution in [0.15, 0.2) is 36.0 Å². The van der Waals surface area contributed by atoms with Gasteiger partial charge < -0.3 is 10.6 Å². The molecule has 128 valence electrons. The molecular weight excluding hydrogens is 320 g/mol. The van der Waals surface area contributed by atoms with Crippen LogP contribution in [0.5, 0.6) is 0 Å². The van der Waals surface area contributed by atoms with Crippen LogP contribution in [0, 0.1) is 0 Å². The number of nitrogens with one attached hydrogen (secondary N) is 2. The molecular formula is C18H24N4OS. The van der Waals surface area contributed by atoms with Gasteiger partial charge in [0, 0.05) is 42.9 Å². The van der Waals surface area contributed by atoms with Crippen LogP contribution in [0.1, 0.15) is 35.9 Å². The number of pyridine rings is 1. The smallest absolute Gasteiger partial charge is 0.315 e. The molecule has 2 aromatic heterocycles. The molecule has 0 spiro atoms.